The van der Waals surface area contributed by atoms with Crippen molar-refractivity contribution in [3.63, 3.8) is 0 Å². The molecule has 2 rings (SSSR count). The Balaban J connectivity index is 2.01. The summed E-state index contributed by atoms with van der Waals surface area (Å²) in [6.07, 6.45) is 4.92. The number of esters is 2. The molecule has 1 heterocycles. The van der Waals surface area contributed by atoms with Crippen LogP contribution in [0, 0.1) is 5.21 Å². The third-order valence-electron chi connectivity index (χ3n) is 3.39. The SMILES string of the molecule is NCCCC(=O)OC1=CCCC=C1C(=O)OCc1no[n+]([O-])c1C(N)=O. The van der Waals surface area contributed by atoms with Crippen LogP contribution in [-0.2, 0) is 25.7 Å². The molecule has 1 amide bonds. The molecule has 0 bridgehead atoms. The Kier molecular flexibility index (Phi) is 6.44. The van der Waals surface area contributed by atoms with Gasteiger partial charge in [-0.25, -0.2) is 4.79 Å². The van der Waals surface area contributed by atoms with Crippen molar-refractivity contribution >= 4 is 17.8 Å². The van der Waals surface area contributed by atoms with Crippen LogP contribution in [0.5, 0.6) is 0 Å². The van der Waals surface area contributed by atoms with Crippen LogP contribution in [0.3, 0.4) is 0 Å². The molecule has 0 fully saturated rings. The second kappa shape index (κ2) is 8.76. The second-order valence-electron chi connectivity index (χ2n) is 5.30. The van der Waals surface area contributed by atoms with Gasteiger partial charge in [-0.05, 0) is 36.8 Å². The maximum absolute atomic E-state index is 12.3. The first kappa shape index (κ1) is 19.1. The van der Waals surface area contributed by atoms with Crippen LogP contribution in [0.4, 0.5) is 0 Å². The molecule has 11 nitrogen and oxygen atoms in total. The van der Waals surface area contributed by atoms with E-state index in [0.29, 0.717) is 25.8 Å². The molecule has 1 aliphatic rings. The van der Waals surface area contributed by atoms with Crippen LogP contribution in [0.2, 0.25) is 0 Å². The lowest BCUT2D eigenvalue weighted by Gasteiger charge is -2.15. The molecule has 140 valence electrons. The van der Waals surface area contributed by atoms with Crippen molar-refractivity contribution < 1.29 is 33.4 Å². The first-order chi connectivity index (χ1) is 12.4. The van der Waals surface area contributed by atoms with Crippen LogP contribution >= 0.6 is 0 Å². The second-order valence-corrected chi connectivity index (χ2v) is 5.30. The van der Waals surface area contributed by atoms with E-state index in [-0.39, 0.29) is 28.4 Å². The standard InChI is InChI=1S/C15H18N4O7/c16-7-3-6-12(20)25-11-5-2-1-4-9(11)15(22)24-8-10-13(14(17)21)19(23)26-18-10/h4-5H,1-3,6-8,16H2,(H2,17,21). The zero-order chi connectivity index (χ0) is 19.1. The van der Waals surface area contributed by atoms with Gasteiger partial charge in [-0.1, -0.05) is 6.08 Å². The third-order valence-corrected chi connectivity index (χ3v) is 3.39. The third kappa shape index (κ3) is 4.66. The Hall–Kier alpha value is -3.21. The average Bonchev–Trinajstić information content (AvgIpc) is 2.99. The van der Waals surface area contributed by atoms with Crippen molar-refractivity contribution in [2.75, 3.05) is 6.54 Å². The van der Waals surface area contributed by atoms with Crippen molar-refractivity contribution in [2.24, 2.45) is 11.5 Å². The van der Waals surface area contributed by atoms with Crippen LogP contribution in [0.15, 0.2) is 28.1 Å². The summed E-state index contributed by atoms with van der Waals surface area (Å²) >= 11 is 0. The predicted molar refractivity (Wildman–Crippen MR) is 83.6 cm³/mol. The molecule has 0 unspecified atom stereocenters. The van der Waals surface area contributed by atoms with E-state index < -0.39 is 30.1 Å². The molecule has 0 atom stereocenters. The van der Waals surface area contributed by atoms with Crippen molar-refractivity contribution in [1.29, 1.82) is 0 Å². The van der Waals surface area contributed by atoms with Crippen molar-refractivity contribution in [3.05, 3.63) is 40.1 Å². The number of hydrogen-bond acceptors (Lipinski definition) is 9. The predicted octanol–water partition coefficient (Wildman–Crippen LogP) is -0.664. The van der Waals surface area contributed by atoms with E-state index in [1.165, 1.54) is 0 Å². The van der Waals surface area contributed by atoms with Gasteiger partial charge in [0.2, 0.25) is 0 Å². The number of hydrogen-bond donors (Lipinski definition) is 2. The fraction of sp³-hybridized carbons (Fsp3) is 0.400. The van der Waals surface area contributed by atoms with Gasteiger partial charge < -0.3 is 26.1 Å². The summed E-state index contributed by atoms with van der Waals surface area (Å²) in [4.78, 5) is 35.0. The number of carbonyl (C=O) groups is 3. The highest BCUT2D eigenvalue weighted by atomic mass is 16.8. The summed E-state index contributed by atoms with van der Waals surface area (Å²) in [5.41, 5.74) is 9.67. The lowest BCUT2D eigenvalue weighted by atomic mass is 10.1. The molecule has 1 aromatic rings. The van der Waals surface area contributed by atoms with Crippen LogP contribution in [-0.4, -0.2) is 29.5 Å². The lowest BCUT2D eigenvalue weighted by molar-refractivity contribution is -0.803. The highest BCUT2D eigenvalue weighted by molar-refractivity contribution is 5.94. The average molecular weight is 366 g/mol. The van der Waals surface area contributed by atoms with Gasteiger partial charge in [0.25, 0.3) is 17.3 Å². The van der Waals surface area contributed by atoms with E-state index in [9.17, 15) is 19.6 Å². The summed E-state index contributed by atoms with van der Waals surface area (Å²) in [5, 5.41) is 14.6. The van der Waals surface area contributed by atoms with E-state index in [4.69, 9.17) is 20.9 Å². The maximum Gasteiger partial charge on any atom is 0.342 e. The van der Waals surface area contributed by atoms with E-state index in [2.05, 4.69) is 9.79 Å². The first-order valence-corrected chi connectivity index (χ1v) is 7.81. The van der Waals surface area contributed by atoms with Gasteiger partial charge in [0, 0.05) is 11.6 Å². The molecule has 0 saturated heterocycles. The summed E-state index contributed by atoms with van der Waals surface area (Å²) in [5.74, 6) is -2.29. The molecule has 26 heavy (non-hydrogen) atoms. The number of carbonyl (C=O) groups excluding carboxylic acids is 3. The number of nitrogens with zero attached hydrogens (tertiary/aromatic N) is 2. The quantitative estimate of drug-likeness (QED) is 0.446. The van der Waals surface area contributed by atoms with E-state index in [1.807, 2.05) is 0 Å². The van der Waals surface area contributed by atoms with Crippen LogP contribution < -0.4 is 16.4 Å². The highest BCUT2D eigenvalue weighted by Gasteiger charge is 2.27. The Morgan fingerprint density at radius 3 is 2.73 bits per heavy atom. The van der Waals surface area contributed by atoms with Gasteiger partial charge in [0.15, 0.2) is 6.61 Å². The van der Waals surface area contributed by atoms with Crippen molar-refractivity contribution in [2.45, 2.75) is 32.3 Å². The minimum absolute atomic E-state index is 0.0662. The maximum atomic E-state index is 12.3. The van der Waals surface area contributed by atoms with Gasteiger partial charge in [-0.2, -0.15) is 0 Å². The zero-order valence-corrected chi connectivity index (χ0v) is 13.8. The molecular formula is C15H18N4O7. The lowest BCUT2D eigenvalue weighted by Crippen LogP contribution is -2.35. The van der Waals surface area contributed by atoms with Gasteiger partial charge in [-0.3, -0.25) is 14.2 Å². The Morgan fingerprint density at radius 2 is 2.04 bits per heavy atom. The Morgan fingerprint density at radius 1 is 1.31 bits per heavy atom. The van der Waals surface area contributed by atoms with E-state index in [0.717, 1.165) is 0 Å². The van der Waals surface area contributed by atoms with Gasteiger partial charge in [0.1, 0.15) is 5.76 Å². The molecule has 0 saturated carbocycles. The number of nitrogens with two attached hydrogens (primary N) is 2. The molecule has 0 radical (unpaired) electrons. The minimum atomic E-state index is -1.07. The first-order valence-electron chi connectivity index (χ1n) is 7.81. The summed E-state index contributed by atoms with van der Waals surface area (Å²) in [7, 11) is 0. The molecule has 4 N–H and O–H groups in total. The summed E-state index contributed by atoms with van der Waals surface area (Å²) < 4.78 is 14.5. The summed E-state index contributed by atoms with van der Waals surface area (Å²) in [6, 6.07) is 0. The number of ether oxygens (including phenoxy) is 2. The Bertz CT molecular complexity index is 766. The number of rotatable bonds is 8. The number of allylic oxidation sites excluding steroid dienone is 2. The number of amides is 1. The Labute approximate surface area is 147 Å². The van der Waals surface area contributed by atoms with Crippen LogP contribution in [0.25, 0.3) is 0 Å². The minimum Gasteiger partial charge on any atom is -0.453 e. The molecule has 1 aliphatic carbocycles. The van der Waals surface area contributed by atoms with E-state index in [1.54, 1.807) is 12.2 Å². The fourth-order valence-corrected chi connectivity index (χ4v) is 2.17. The van der Waals surface area contributed by atoms with Crippen molar-refractivity contribution in [3.8, 4) is 0 Å². The van der Waals surface area contributed by atoms with E-state index >= 15 is 0 Å². The topological polar surface area (TPSA) is 175 Å². The van der Waals surface area contributed by atoms with Gasteiger partial charge in [-0.15, -0.1) is 0 Å². The van der Waals surface area contributed by atoms with Gasteiger partial charge in [0.05, 0.1) is 5.57 Å². The number of primary amides is 1. The normalized spacial score (nSPS) is 13.6. The largest absolute Gasteiger partial charge is 0.453 e. The van der Waals surface area contributed by atoms with Gasteiger partial charge >= 0.3 is 11.9 Å². The highest BCUT2D eigenvalue weighted by Crippen LogP contribution is 2.22. The monoisotopic (exact) mass is 366 g/mol. The fourth-order valence-electron chi connectivity index (χ4n) is 2.17. The summed E-state index contributed by atoms with van der Waals surface area (Å²) in [6.45, 7) is -0.167. The van der Waals surface area contributed by atoms with Crippen LogP contribution in [0.1, 0.15) is 41.9 Å². The zero-order valence-electron chi connectivity index (χ0n) is 13.8. The molecular weight excluding hydrogens is 348 g/mol. The molecule has 1 aromatic heterocycles. The van der Waals surface area contributed by atoms with Crippen molar-refractivity contribution in [1.82, 2.24) is 5.16 Å². The molecule has 11 heteroatoms. The molecule has 0 spiro atoms. The molecule has 0 aliphatic heterocycles. The smallest absolute Gasteiger partial charge is 0.342 e. The molecule has 0 aromatic carbocycles. The number of aromatic nitrogens is 2.